The van der Waals surface area contributed by atoms with Crippen LogP contribution < -0.4 is 29.0 Å². The number of phenolic OH excluding ortho intramolecular Hbond substituents is 2. The van der Waals surface area contributed by atoms with Gasteiger partial charge in [0, 0.05) is 40.6 Å². The van der Waals surface area contributed by atoms with Crippen LogP contribution in [0.15, 0.2) is 30.9 Å². The minimum Gasteiger partial charge on any atom is -0.504 e. The van der Waals surface area contributed by atoms with Crippen molar-refractivity contribution in [2.45, 2.75) is 67.9 Å². The van der Waals surface area contributed by atoms with Crippen LogP contribution in [0.25, 0.3) is 0 Å². The summed E-state index contributed by atoms with van der Waals surface area (Å²) in [5.74, 6) is 1.10. The molecule has 0 aromatic heterocycles. The van der Waals surface area contributed by atoms with Gasteiger partial charge in [-0.15, -0.1) is 11.8 Å². The predicted molar refractivity (Wildman–Crippen MR) is 205 cm³/mol. The number of phenols is 2. The minimum absolute atomic E-state index is 0.0151. The van der Waals surface area contributed by atoms with E-state index in [0.29, 0.717) is 64.5 Å². The molecule has 7 heterocycles. The fourth-order valence-corrected chi connectivity index (χ4v) is 11.8. The fraction of sp³-hybridized carbons (Fsp3) is 0.463. The number of nitrogens with one attached hydrogen (secondary N) is 1. The zero-order valence-corrected chi connectivity index (χ0v) is 33.1. The smallest absolute Gasteiger partial charge is 0.504 e. The van der Waals surface area contributed by atoms with Crippen molar-refractivity contribution in [3.8, 4) is 40.2 Å². The molecule has 10 rings (SSSR count). The molecule has 0 aliphatic carbocycles. The number of fused-ring (bicyclic) bond motifs is 9. The van der Waals surface area contributed by atoms with Crippen LogP contribution in [0.4, 0.5) is 4.79 Å². The number of aliphatic hydroxyl groups excluding tert-OH is 1. The second-order valence-corrected chi connectivity index (χ2v) is 16.4. The number of carbonyl (C=O) groups is 2. The molecule has 7 atom stereocenters. The summed E-state index contributed by atoms with van der Waals surface area (Å²) < 4.78 is 41.4. The number of rotatable bonds is 5. The molecule has 4 bridgehead atoms. The van der Waals surface area contributed by atoms with E-state index >= 15 is 0 Å². The number of hydrogen-bond acceptors (Lipinski definition) is 16. The van der Waals surface area contributed by atoms with E-state index in [4.69, 9.17) is 33.2 Å². The maximum absolute atomic E-state index is 14.8. The monoisotopic (exact) mass is 803 g/mol. The van der Waals surface area contributed by atoms with E-state index in [1.54, 1.807) is 19.1 Å². The highest BCUT2D eigenvalue weighted by molar-refractivity contribution is 7.99. The summed E-state index contributed by atoms with van der Waals surface area (Å²) in [4.78, 5) is 32.2. The third kappa shape index (κ3) is 5.40. The number of thioether (sulfide) groups is 1. The fourth-order valence-electron chi connectivity index (χ4n) is 10.1. The van der Waals surface area contributed by atoms with Gasteiger partial charge in [-0.2, -0.15) is 0 Å². The quantitative estimate of drug-likeness (QED) is 0.164. The Labute approximate surface area is 333 Å². The van der Waals surface area contributed by atoms with Gasteiger partial charge in [-0.25, -0.2) is 9.59 Å². The molecule has 2 saturated heterocycles. The number of hydrogen-bond donors (Lipinski definition) is 4. The average molecular weight is 804 g/mol. The third-order valence-corrected chi connectivity index (χ3v) is 14.0. The first kappa shape index (κ1) is 37.7. The molecule has 3 aromatic rings. The molecule has 1 unspecified atom stereocenters. The van der Waals surface area contributed by atoms with Gasteiger partial charge in [-0.3, -0.25) is 15.1 Å². The van der Waals surface area contributed by atoms with Crippen LogP contribution in [0.1, 0.15) is 61.8 Å². The first-order chi connectivity index (χ1) is 27.4. The topological polar surface area (TPSA) is 178 Å². The van der Waals surface area contributed by atoms with Crippen LogP contribution in [-0.4, -0.2) is 109 Å². The van der Waals surface area contributed by atoms with Gasteiger partial charge in [-0.1, -0.05) is 18.7 Å². The summed E-state index contributed by atoms with van der Waals surface area (Å²) >= 11 is 1.43. The SMILES string of the molecule is C=CCOC(=O)Oc1c(C)c2c(c3c1[C@H]1SC[C@]4(NCCc5cc(O)c(OC)cc54)C(=O)OC[C@@H]3N3C1[C@H]1c4c(cc(C)c(OC)c4O)C[C@@H]([C@@H]3O)N1C)OCO2. The number of aromatic hydroxyl groups is 2. The third-order valence-electron chi connectivity index (χ3n) is 12.5. The van der Waals surface area contributed by atoms with Crippen LogP contribution in [0.5, 0.6) is 40.2 Å². The van der Waals surface area contributed by atoms with Crippen molar-refractivity contribution in [1.82, 2.24) is 15.1 Å². The number of methoxy groups -OCH3 is 2. The molecule has 7 aliphatic heterocycles. The van der Waals surface area contributed by atoms with Crippen molar-refractivity contribution in [3.05, 3.63) is 75.4 Å². The van der Waals surface area contributed by atoms with Gasteiger partial charge >= 0.3 is 12.1 Å². The van der Waals surface area contributed by atoms with Crippen LogP contribution in [-0.2, 0) is 32.6 Å². The second kappa shape index (κ2) is 13.9. The van der Waals surface area contributed by atoms with Crippen LogP contribution in [0.3, 0.4) is 0 Å². The number of piperazine rings is 1. The van der Waals surface area contributed by atoms with Gasteiger partial charge in [0.1, 0.15) is 25.2 Å². The lowest BCUT2D eigenvalue weighted by Gasteiger charge is -2.62. The average Bonchev–Trinajstić information content (AvgIpc) is 3.69. The van der Waals surface area contributed by atoms with Gasteiger partial charge in [0.2, 0.25) is 6.79 Å². The highest BCUT2D eigenvalue weighted by Crippen LogP contribution is 2.64. The summed E-state index contributed by atoms with van der Waals surface area (Å²) in [7, 11) is 4.92. The molecule has 3 aromatic carbocycles. The number of aryl methyl sites for hydroxylation is 1. The Bertz CT molecular complexity index is 2220. The zero-order chi connectivity index (χ0) is 40.1. The van der Waals surface area contributed by atoms with E-state index < -0.39 is 53.3 Å². The first-order valence-corrected chi connectivity index (χ1v) is 19.9. The van der Waals surface area contributed by atoms with E-state index in [1.165, 1.54) is 32.1 Å². The van der Waals surface area contributed by atoms with Gasteiger partial charge in [0.15, 0.2) is 40.0 Å². The van der Waals surface area contributed by atoms with E-state index in [-0.39, 0.29) is 48.8 Å². The summed E-state index contributed by atoms with van der Waals surface area (Å²) in [6, 6.07) is 2.90. The number of nitrogens with zero attached hydrogens (tertiary/aromatic N) is 2. The van der Waals surface area contributed by atoms with E-state index in [2.05, 4.69) is 16.8 Å². The largest absolute Gasteiger partial charge is 0.514 e. The predicted octanol–water partition coefficient (Wildman–Crippen LogP) is 4.19. The second-order valence-electron chi connectivity index (χ2n) is 15.3. The Morgan fingerprint density at radius 3 is 2.61 bits per heavy atom. The minimum atomic E-state index is -1.40. The van der Waals surface area contributed by atoms with Crippen molar-refractivity contribution in [2.24, 2.45) is 0 Å². The molecular weight excluding hydrogens is 759 g/mol. The highest BCUT2D eigenvalue weighted by atomic mass is 32.2. The molecule has 4 N–H and O–H groups in total. The molecular formula is C41H45N3O12S. The van der Waals surface area contributed by atoms with Crippen molar-refractivity contribution >= 4 is 23.9 Å². The number of likely N-dealkylation sites (N-methyl/N-ethyl adjacent to an activating group) is 1. The molecule has 15 nitrogen and oxygen atoms in total. The Hall–Kier alpha value is -4.87. The summed E-state index contributed by atoms with van der Waals surface area (Å²) in [5, 5.41) is 38.3. The van der Waals surface area contributed by atoms with E-state index in [9.17, 15) is 24.9 Å². The van der Waals surface area contributed by atoms with Crippen LogP contribution >= 0.6 is 11.8 Å². The number of aliphatic hydroxyl groups is 1. The molecule has 57 heavy (non-hydrogen) atoms. The molecule has 0 saturated carbocycles. The number of carbonyl (C=O) groups excluding carboxylic acids is 2. The van der Waals surface area contributed by atoms with E-state index in [0.717, 1.165) is 16.7 Å². The first-order valence-electron chi connectivity index (χ1n) is 18.9. The van der Waals surface area contributed by atoms with Crippen molar-refractivity contribution in [2.75, 3.05) is 53.6 Å². The molecule has 302 valence electrons. The van der Waals surface area contributed by atoms with Crippen molar-refractivity contribution in [1.29, 1.82) is 0 Å². The maximum Gasteiger partial charge on any atom is 0.514 e. The Morgan fingerprint density at radius 2 is 1.86 bits per heavy atom. The summed E-state index contributed by atoms with van der Waals surface area (Å²) in [6.45, 7) is 7.32. The van der Waals surface area contributed by atoms with Crippen molar-refractivity contribution in [3.63, 3.8) is 0 Å². The van der Waals surface area contributed by atoms with Crippen LogP contribution in [0, 0.1) is 13.8 Å². The lowest BCUT2D eigenvalue weighted by atomic mass is 9.73. The summed E-state index contributed by atoms with van der Waals surface area (Å²) in [6.07, 6.45) is 0.384. The standard InChI is InChI=1S/C41H45N3O12S/c1-7-10-52-40(49)56-34-19(3)35-36(55-17-54-35)28-24-15-53-39(48)41(22-14-26(50-5)25(45)13-20(22)8-9-42-41)16-57-37(29(28)34)31-30-27-21(11-18(2)33(51-6)32(27)46)12-23(43(30)4)38(47)44(24)31/h7,11,13-14,23-24,30-31,37-38,42,45-47H,1,8-10,12,15-17H2,2-6H3/t23-,24-,30+,31?,37+,38-,41+/m0/s1. The lowest BCUT2D eigenvalue weighted by Crippen LogP contribution is -2.70. The lowest BCUT2D eigenvalue weighted by molar-refractivity contribution is -0.186. The number of esters is 1. The van der Waals surface area contributed by atoms with Gasteiger partial charge < -0.3 is 48.5 Å². The Kier molecular flexibility index (Phi) is 9.19. The van der Waals surface area contributed by atoms with Gasteiger partial charge in [0.25, 0.3) is 0 Å². The molecule has 7 aliphatic rings. The van der Waals surface area contributed by atoms with E-state index in [1.807, 2.05) is 24.9 Å². The zero-order valence-electron chi connectivity index (χ0n) is 32.2. The number of ether oxygens (including phenoxy) is 7. The molecule has 0 radical (unpaired) electrons. The maximum atomic E-state index is 14.8. The molecule has 0 amide bonds. The van der Waals surface area contributed by atoms with Crippen molar-refractivity contribution < 1.29 is 58.1 Å². The Morgan fingerprint density at radius 1 is 1.07 bits per heavy atom. The Balaban J connectivity index is 1.31. The van der Waals surface area contributed by atoms with Gasteiger partial charge in [0.05, 0.1) is 37.6 Å². The molecule has 1 spiro atoms. The number of benzene rings is 3. The highest BCUT2D eigenvalue weighted by Gasteiger charge is 2.61. The normalized spacial score (nSPS) is 28.4. The molecule has 2 fully saturated rings. The van der Waals surface area contributed by atoms with Crippen LogP contribution in [0.2, 0.25) is 0 Å². The van der Waals surface area contributed by atoms with Gasteiger partial charge in [-0.05, 0) is 68.1 Å². The molecule has 16 heteroatoms. The summed E-state index contributed by atoms with van der Waals surface area (Å²) in [5.41, 5.74) is 3.98.